The monoisotopic (exact) mass is 675 g/mol. The molecule has 1 aromatic carbocycles. The maximum atomic E-state index is 11.4. The molecule has 0 aliphatic carbocycles. The summed E-state index contributed by atoms with van der Waals surface area (Å²) < 4.78 is 10.8. The number of carbonyl (C=O) groups is 1. The fourth-order valence-electron chi connectivity index (χ4n) is 2.12. The number of aromatic nitrogens is 2. The largest absolute Gasteiger partial charge is 0.666 e. The Labute approximate surface area is 215 Å². The maximum Gasteiger partial charge on any atom is 0.330 e. The average molecular weight is 676 g/mol. The van der Waals surface area contributed by atoms with E-state index < -0.39 is 35.8 Å². The van der Waals surface area contributed by atoms with Crippen molar-refractivity contribution in [3.8, 4) is 18.1 Å². The van der Waals surface area contributed by atoms with E-state index in [0.717, 1.165) is 4.57 Å². The van der Waals surface area contributed by atoms with Crippen LogP contribution in [0, 0.1) is 44.7 Å². The molecule has 1 radical (unpaired) electrons. The summed E-state index contributed by atoms with van der Waals surface area (Å²) >= 11 is 0. The van der Waals surface area contributed by atoms with Crippen molar-refractivity contribution in [1.82, 2.24) is 9.55 Å². The molecule has 1 aliphatic rings. The van der Waals surface area contributed by atoms with Gasteiger partial charge in [-0.1, -0.05) is 31.0 Å². The Kier molecular flexibility index (Phi) is 14.1. The van der Waals surface area contributed by atoms with Crippen molar-refractivity contribution in [2.24, 2.45) is 0 Å². The van der Waals surface area contributed by atoms with Gasteiger partial charge < -0.3 is 25.4 Å². The van der Waals surface area contributed by atoms with Gasteiger partial charge in [0.15, 0.2) is 12.5 Å². The summed E-state index contributed by atoms with van der Waals surface area (Å²) in [7, 11) is 0. The Morgan fingerprint density at radius 2 is 1.85 bits per heavy atom. The van der Waals surface area contributed by atoms with Crippen LogP contribution in [0.5, 0.6) is 5.75 Å². The molecule has 2 heterocycles. The third kappa shape index (κ3) is 11.2. The molecule has 3 unspecified atom stereocenters. The van der Waals surface area contributed by atoms with E-state index in [1.54, 1.807) is 38.1 Å². The minimum Gasteiger partial charge on any atom is -0.666 e. The summed E-state index contributed by atoms with van der Waals surface area (Å²) in [6.45, 7) is 5.02. The number of terminal acetylenes is 1. The molecule has 0 fully saturated rings. The van der Waals surface area contributed by atoms with Gasteiger partial charge in [0.05, 0.1) is 6.10 Å². The summed E-state index contributed by atoms with van der Waals surface area (Å²) in [6, 6.07) is 7.96. The molecule has 0 bridgehead atoms. The summed E-state index contributed by atoms with van der Waals surface area (Å²) in [4.78, 5) is 35.2. The van der Waals surface area contributed by atoms with Crippen LogP contribution in [-0.4, -0.2) is 44.2 Å². The van der Waals surface area contributed by atoms with E-state index >= 15 is 0 Å². The summed E-state index contributed by atoms with van der Waals surface area (Å²) in [5, 5.41) is 17.7. The number of ether oxygens (including phenoxy) is 2. The fraction of sp³-hybridized carbons (Fsp3) is 0.318. The molecule has 33 heavy (non-hydrogen) atoms. The van der Waals surface area contributed by atoms with E-state index in [-0.39, 0.29) is 44.0 Å². The number of rotatable bonds is 3. The van der Waals surface area contributed by atoms with Crippen molar-refractivity contribution in [2.75, 3.05) is 0 Å². The zero-order chi connectivity index (χ0) is 24.3. The van der Waals surface area contributed by atoms with Crippen LogP contribution in [0.2, 0.25) is 0 Å². The Balaban J connectivity index is 0.000000513. The van der Waals surface area contributed by atoms with Crippen LogP contribution >= 0.6 is 0 Å². The van der Waals surface area contributed by atoms with E-state index in [1.807, 2.05) is 6.07 Å². The van der Waals surface area contributed by atoms with Crippen LogP contribution in [-0.2, 0) is 14.3 Å². The molecule has 2 aromatic rings. The molecule has 0 saturated heterocycles. The number of phenols is 1. The molecular weight excluding hydrogens is 649 g/mol. The van der Waals surface area contributed by atoms with Gasteiger partial charge in [-0.15, -0.1) is 6.42 Å². The quantitative estimate of drug-likeness (QED) is 0.254. The van der Waals surface area contributed by atoms with E-state index in [0.29, 0.717) is 5.75 Å². The van der Waals surface area contributed by atoms with Crippen LogP contribution in [0.1, 0.15) is 32.6 Å². The molecule has 0 saturated carbocycles. The van der Waals surface area contributed by atoms with E-state index in [2.05, 4.69) is 15.6 Å². The number of carbonyl (C=O) groups excluding carboxylic acids is 1. The zero-order valence-electron chi connectivity index (χ0n) is 18.5. The van der Waals surface area contributed by atoms with E-state index in [1.165, 1.54) is 25.3 Å². The molecule has 1 aromatic heterocycles. The number of nitrogens with one attached hydrogen (secondary N) is 2. The van der Waals surface area contributed by atoms with Crippen LogP contribution in [0.3, 0.4) is 0 Å². The van der Waals surface area contributed by atoms with Crippen LogP contribution in [0.15, 0.2) is 58.3 Å². The minimum absolute atomic E-state index is 0. The number of aliphatic hydroxyl groups excluding tert-OH is 1. The van der Waals surface area contributed by atoms with Crippen molar-refractivity contribution in [2.45, 2.75) is 45.4 Å². The summed E-state index contributed by atoms with van der Waals surface area (Å²) in [5.74, 6) is 2.02. The van der Waals surface area contributed by atoms with Gasteiger partial charge in [0.1, 0.15) is 11.3 Å². The minimum atomic E-state index is -1.06. The van der Waals surface area contributed by atoms with Crippen molar-refractivity contribution in [3.05, 3.63) is 80.8 Å². The van der Waals surface area contributed by atoms with Crippen LogP contribution in [0.25, 0.3) is 5.73 Å². The van der Waals surface area contributed by atoms with Gasteiger partial charge in [-0.05, 0) is 44.2 Å². The first kappa shape index (κ1) is 30.4. The van der Waals surface area contributed by atoms with Crippen molar-refractivity contribution in [3.63, 3.8) is 0 Å². The third-order valence-corrected chi connectivity index (χ3v) is 3.58. The Morgan fingerprint density at radius 3 is 2.21 bits per heavy atom. The van der Waals surface area contributed by atoms with E-state index in [4.69, 9.17) is 27.1 Å². The molecule has 3 atom stereocenters. The molecule has 0 amide bonds. The predicted molar refractivity (Wildman–Crippen MR) is 118 cm³/mol. The zero-order valence-corrected chi connectivity index (χ0v) is 23.3. The third-order valence-electron chi connectivity index (χ3n) is 3.58. The average Bonchev–Trinajstić information content (AvgIpc) is 3.15. The topological polar surface area (TPSA) is 155 Å². The molecule has 3 rings (SSSR count). The normalized spacial score (nSPS) is 16.8. The summed E-state index contributed by atoms with van der Waals surface area (Å²) in [5.41, 5.74) is 5.66. The second-order valence-corrected chi connectivity index (χ2v) is 6.70. The number of para-hydroxylation sites is 1. The number of aliphatic hydroxyl groups is 1. The number of nitrogens with zero attached hydrogens (tertiary/aromatic N) is 1. The second kappa shape index (κ2) is 15.3. The van der Waals surface area contributed by atoms with Gasteiger partial charge in [-0.25, -0.2) is 4.79 Å². The van der Waals surface area contributed by atoms with Crippen LogP contribution < -0.4 is 11.2 Å². The first-order valence-corrected chi connectivity index (χ1v) is 9.54. The standard InChI is InChI=1S/C10H8N2O4.C6H12NO2.C6H6O.Pa/c1-2-6-5-12(10(15)11-9(6)14)7-3-4-8(13)16-7;1-4(2)9-6(8)5(3)7;7-6-4-2-1-3-5-6;/h1,3-5,7-8,13H,(H,11,14,15);4-5,7H,1-3H3;1-5,7H;/q;-1;;. The molecule has 4 N–H and O–H groups in total. The molecule has 1 aliphatic heterocycles. The smallest absolute Gasteiger partial charge is 0.330 e. The number of esters is 1. The number of aromatic hydroxyl groups is 1. The number of phenolic OH excluding ortho intramolecular Hbond substituents is 1. The molecule has 10 nitrogen and oxygen atoms in total. The summed E-state index contributed by atoms with van der Waals surface area (Å²) in [6.07, 6.45) is 7.27. The number of aromatic amines is 1. The predicted octanol–water partition coefficient (Wildman–Crippen LogP) is 1.69. The first-order valence-electron chi connectivity index (χ1n) is 9.54. The number of hydrogen-bond donors (Lipinski definition) is 3. The molecule has 175 valence electrons. The second-order valence-electron chi connectivity index (χ2n) is 6.70. The van der Waals surface area contributed by atoms with Gasteiger partial charge in [0.25, 0.3) is 11.5 Å². The molecule has 0 spiro atoms. The Bertz CT molecular complexity index is 1060. The van der Waals surface area contributed by atoms with Gasteiger partial charge >= 0.3 is 5.69 Å². The van der Waals surface area contributed by atoms with Gasteiger partial charge in [0.2, 0.25) is 0 Å². The molecular formula is C22H26N3O7Pa-. The van der Waals surface area contributed by atoms with Gasteiger partial charge in [0, 0.05) is 38.5 Å². The number of hydrogen-bond acceptors (Lipinski definition) is 7. The molecule has 11 heteroatoms. The fourth-order valence-corrected chi connectivity index (χ4v) is 2.12. The van der Waals surface area contributed by atoms with E-state index in [9.17, 15) is 14.4 Å². The maximum absolute atomic E-state index is 11.4. The Hall–Kier alpha value is -2.56. The van der Waals surface area contributed by atoms with Crippen molar-refractivity contribution < 1.29 is 56.8 Å². The van der Waals surface area contributed by atoms with Crippen molar-refractivity contribution in [1.29, 1.82) is 0 Å². The van der Waals surface area contributed by atoms with Gasteiger partial charge in [-0.2, -0.15) is 0 Å². The number of H-pyrrole nitrogens is 1. The Morgan fingerprint density at radius 1 is 1.24 bits per heavy atom. The van der Waals surface area contributed by atoms with Crippen LogP contribution in [0.4, 0.5) is 0 Å². The SMILES string of the molecule is C#Cc1cn(C2C=CC(O)O2)c(=O)[nH]c1=O.CC(C)OC(=O)C(C)[NH-].Oc1ccccc1.[Pa]. The van der Waals surface area contributed by atoms with Gasteiger partial charge in [-0.3, -0.25) is 19.1 Å². The number of benzene rings is 1. The van der Waals surface area contributed by atoms with Crippen molar-refractivity contribution >= 4 is 5.97 Å². The first-order chi connectivity index (χ1) is 15.0.